The van der Waals surface area contributed by atoms with Crippen molar-refractivity contribution in [3.8, 4) is 5.75 Å². The maximum Gasteiger partial charge on any atom is 0.142 e. The van der Waals surface area contributed by atoms with Gasteiger partial charge in [0.15, 0.2) is 0 Å². The minimum atomic E-state index is 0.587. The molecule has 1 aliphatic rings. The first-order chi connectivity index (χ1) is 9.70. The molecule has 1 fully saturated rings. The Morgan fingerprint density at radius 1 is 1.25 bits per heavy atom. The minimum absolute atomic E-state index is 0.587. The molecule has 0 spiro atoms. The molecule has 1 heterocycles. The highest BCUT2D eigenvalue weighted by molar-refractivity contribution is 6.35. The van der Waals surface area contributed by atoms with Gasteiger partial charge in [-0.2, -0.15) is 0 Å². The molecular weight excluding hydrogens is 295 g/mol. The fourth-order valence-corrected chi connectivity index (χ4v) is 3.16. The summed E-state index contributed by atoms with van der Waals surface area (Å²) in [5, 5.41) is 4.34. The third-order valence-corrected chi connectivity index (χ3v) is 4.02. The van der Waals surface area contributed by atoms with Crippen molar-refractivity contribution >= 4 is 23.2 Å². The van der Waals surface area contributed by atoms with Gasteiger partial charge in [0, 0.05) is 23.7 Å². The van der Waals surface area contributed by atoms with Gasteiger partial charge >= 0.3 is 0 Å². The van der Waals surface area contributed by atoms with Gasteiger partial charge in [0.2, 0.25) is 0 Å². The first kappa shape index (κ1) is 15.9. The molecule has 1 N–H and O–H groups in total. The van der Waals surface area contributed by atoms with E-state index in [1.165, 1.54) is 25.9 Å². The van der Waals surface area contributed by atoms with Crippen molar-refractivity contribution in [2.45, 2.75) is 25.8 Å². The smallest absolute Gasteiger partial charge is 0.142 e. The number of ether oxygens (including phenoxy) is 1. The molecule has 0 saturated carbocycles. The van der Waals surface area contributed by atoms with E-state index in [4.69, 9.17) is 27.9 Å². The summed E-state index contributed by atoms with van der Waals surface area (Å²) in [5.41, 5.74) is 1.01. The van der Waals surface area contributed by atoms with Crippen LogP contribution in [0.25, 0.3) is 0 Å². The Balaban J connectivity index is 1.87. The molecule has 1 saturated heterocycles. The monoisotopic (exact) mass is 316 g/mol. The van der Waals surface area contributed by atoms with E-state index in [2.05, 4.69) is 10.2 Å². The molecule has 1 aromatic carbocycles. The van der Waals surface area contributed by atoms with Crippen LogP contribution in [-0.2, 0) is 6.54 Å². The van der Waals surface area contributed by atoms with E-state index in [1.54, 1.807) is 6.07 Å². The van der Waals surface area contributed by atoms with Gasteiger partial charge in [0.1, 0.15) is 5.75 Å². The second-order valence-electron chi connectivity index (χ2n) is 5.16. The summed E-state index contributed by atoms with van der Waals surface area (Å²) < 4.78 is 5.88. The molecule has 0 bridgehead atoms. The van der Waals surface area contributed by atoms with Gasteiger partial charge in [-0.3, -0.25) is 0 Å². The molecule has 20 heavy (non-hydrogen) atoms. The number of halogens is 2. The van der Waals surface area contributed by atoms with Gasteiger partial charge in [0.05, 0.1) is 11.6 Å². The molecule has 0 radical (unpaired) electrons. The summed E-state index contributed by atoms with van der Waals surface area (Å²) in [6.45, 7) is 4.95. The molecule has 0 atom stereocenters. The lowest BCUT2D eigenvalue weighted by Gasteiger charge is -2.16. The maximum atomic E-state index is 6.23. The summed E-state index contributed by atoms with van der Waals surface area (Å²) >= 11 is 12.3. The van der Waals surface area contributed by atoms with Gasteiger partial charge in [-0.15, -0.1) is 0 Å². The molecule has 2 rings (SSSR count). The minimum Gasteiger partial charge on any atom is -0.492 e. The third-order valence-electron chi connectivity index (χ3n) is 3.52. The molecule has 0 unspecified atom stereocenters. The van der Waals surface area contributed by atoms with Crippen LogP contribution in [0, 0.1) is 0 Å². The topological polar surface area (TPSA) is 24.5 Å². The van der Waals surface area contributed by atoms with Crippen LogP contribution in [0.15, 0.2) is 12.1 Å². The molecule has 0 amide bonds. The van der Waals surface area contributed by atoms with Gasteiger partial charge in [-0.1, -0.05) is 23.2 Å². The second kappa shape index (κ2) is 8.08. The van der Waals surface area contributed by atoms with Gasteiger partial charge in [0.25, 0.3) is 0 Å². The van der Waals surface area contributed by atoms with Crippen molar-refractivity contribution in [3.63, 3.8) is 0 Å². The number of hydrogen-bond acceptors (Lipinski definition) is 3. The molecule has 0 aliphatic carbocycles. The predicted octanol–water partition coefficient (Wildman–Crippen LogP) is 3.58. The predicted molar refractivity (Wildman–Crippen MR) is 85.0 cm³/mol. The van der Waals surface area contributed by atoms with Crippen LogP contribution in [0.3, 0.4) is 0 Å². The van der Waals surface area contributed by atoms with Crippen LogP contribution < -0.4 is 10.1 Å². The lowest BCUT2D eigenvalue weighted by molar-refractivity contribution is 0.261. The van der Waals surface area contributed by atoms with E-state index < -0.39 is 0 Å². The second-order valence-corrected chi connectivity index (χ2v) is 6.00. The zero-order chi connectivity index (χ0) is 14.4. The first-order valence-electron chi connectivity index (χ1n) is 7.18. The summed E-state index contributed by atoms with van der Waals surface area (Å²) in [4.78, 5) is 2.49. The van der Waals surface area contributed by atoms with Crippen molar-refractivity contribution in [1.82, 2.24) is 10.2 Å². The maximum absolute atomic E-state index is 6.23. The fraction of sp³-hybridized carbons (Fsp3) is 0.600. The van der Waals surface area contributed by atoms with E-state index in [0.29, 0.717) is 23.2 Å². The lowest BCUT2D eigenvalue weighted by atomic mass is 10.2. The quantitative estimate of drug-likeness (QED) is 0.778. The van der Waals surface area contributed by atoms with Gasteiger partial charge in [-0.05, 0) is 51.5 Å². The molecular formula is C15H22Cl2N2O. The highest BCUT2D eigenvalue weighted by Gasteiger charge is 2.12. The van der Waals surface area contributed by atoms with E-state index in [0.717, 1.165) is 24.3 Å². The highest BCUT2D eigenvalue weighted by atomic mass is 35.5. The summed E-state index contributed by atoms with van der Waals surface area (Å²) in [6, 6.07) is 3.64. The average molecular weight is 317 g/mol. The van der Waals surface area contributed by atoms with Crippen molar-refractivity contribution in [2.24, 2.45) is 0 Å². The van der Waals surface area contributed by atoms with Crippen LogP contribution in [-0.4, -0.2) is 38.2 Å². The third kappa shape index (κ3) is 4.52. The molecule has 112 valence electrons. The Morgan fingerprint density at radius 3 is 2.70 bits per heavy atom. The first-order valence-corrected chi connectivity index (χ1v) is 7.94. The number of nitrogens with zero attached hydrogens (tertiary/aromatic N) is 1. The van der Waals surface area contributed by atoms with Gasteiger partial charge < -0.3 is 15.0 Å². The van der Waals surface area contributed by atoms with Crippen LogP contribution in [0.4, 0.5) is 0 Å². The SMILES string of the molecule is CNCc1cc(Cl)cc(Cl)c1OCCCN1CCCC1. The number of nitrogens with one attached hydrogen (secondary N) is 1. The van der Waals surface area contributed by atoms with Crippen molar-refractivity contribution in [2.75, 3.05) is 33.3 Å². The van der Waals surface area contributed by atoms with Crippen molar-refractivity contribution < 1.29 is 4.74 Å². The van der Waals surface area contributed by atoms with E-state index in [-0.39, 0.29) is 0 Å². The zero-order valence-electron chi connectivity index (χ0n) is 11.9. The zero-order valence-corrected chi connectivity index (χ0v) is 13.4. The number of benzene rings is 1. The molecule has 0 aromatic heterocycles. The van der Waals surface area contributed by atoms with Crippen LogP contribution in [0.5, 0.6) is 5.75 Å². The Labute approximate surface area is 131 Å². The van der Waals surface area contributed by atoms with E-state index in [9.17, 15) is 0 Å². The Kier molecular flexibility index (Phi) is 6.43. The average Bonchev–Trinajstić information content (AvgIpc) is 2.90. The molecule has 5 heteroatoms. The largest absolute Gasteiger partial charge is 0.492 e. The van der Waals surface area contributed by atoms with Crippen molar-refractivity contribution in [1.29, 1.82) is 0 Å². The molecule has 1 aliphatic heterocycles. The standard InChI is InChI=1S/C15H22Cl2N2O/c1-18-11-12-9-13(16)10-14(17)15(12)20-8-4-7-19-5-2-3-6-19/h9-10,18H,2-8,11H2,1H3. The fourth-order valence-electron chi connectivity index (χ4n) is 2.57. The molecule has 3 nitrogen and oxygen atoms in total. The van der Waals surface area contributed by atoms with Crippen LogP contribution in [0.1, 0.15) is 24.8 Å². The Morgan fingerprint density at radius 2 is 2.00 bits per heavy atom. The Bertz CT molecular complexity index is 434. The summed E-state index contributed by atoms with van der Waals surface area (Å²) in [7, 11) is 1.89. The van der Waals surface area contributed by atoms with Crippen molar-refractivity contribution in [3.05, 3.63) is 27.7 Å². The number of rotatable bonds is 7. The Hall–Kier alpha value is -0.480. The lowest BCUT2D eigenvalue weighted by Crippen LogP contribution is -2.22. The summed E-state index contributed by atoms with van der Waals surface area (Å²) in [5.74, 6) is 0.756. The highest BCUT2D eigenvalue weighted by Crippen LogP contribution is 2.32. The molecule has 1 aromatic rings. The van der Waals surface area contributed by atoms with Crippen LogP contribution >= 0.6 is 23.2 Å². The summed E-state index contributed by atoms with van der Waals surface area (Å²) in [6.07, 6.45) is 3.68. The number of hydrogen-bond donors (Lipinski definition) is 1. The number of likely N-dealkylation sites (tertiary alicyclic amines) is 1. The van der Waals surface area contributed by atoms with E-state index in [1.807, 2.05) is 13.1 Å². The van der Waals surface area contributed by atoms with E-state index >= 15 is 0 Å². The van der Waals surface area contributed by atoms with Crippen LogP contribution in [0.2, 0.25) is 10.0 Å². The van der Waals surface area contributed by atoms with Gasteiger partial charge in [-0.25, -0.2) is 0 Å². The normalized spacial score (nSPS) is 15.8.